The molecule has 200 valence electrons. The molecule has 0 aromatic heterocycles. The van der Waals surface area contributed by atoms with Crippen LogP contribution >= 0.6 is 0 Å². The third-order valence-electron chi connectivity index (χ3n) is 6.72. The highest BCUT2D eigenvalue weighted by molar-refractivity contribution is 5.99. The number of rotatable bonds is 8. The Morgan fingerprint density at radius 1 is 1.00 bits per heavy atom. The number of anilines is 1. The van der Waals surface area contributed by atoms with Crippen molar-refractivity contribution in [2.45, 2.75) is 78.9 Å². The molecule has 1 saturated heterocycles. The Labute approximate surface area is 216 Å². The minimum absolute atomic E-state index is 0.00288. The van der Waals surface area contributed by atoms with Crippen molar-refractivity contribution in [1.82, 2.24) is 15.1 Å². The molecular weight excluding hydrogens is 456 g/mol. The molecule has 8 heteroatoms. The van der Waals surface area contributed by atoms with Crippen molar-refractivity contribution in [3.8, 4) is 0 Å². The van der Waals surface area contributed by atoms with Gasteiger partial charge in [0.15, 0.2) is 5.78 Å². The van der Waals surface area contributed by atoms with Gasteiger partial charge in [0.1, 0.15) is 6.04 Å². The summed E-state index contributed by atoms with van der Waals surface area (Å²) in [6.45, 7) is 12.0. The van der Waals surface area contributed by atoms with E-state index in [0.29, 0.717) is 31.4 Å². The van der Waals surface area contributed by atoms with Gasteiger partial charge in [-0.1, -0.05) is 27.7 Å². The highest BCUT2D eigenvalue weighted by Gasteiger charge is 2.36. The highest BCUT2D eigenvalue weighted by Crippen LogP contribution is 2.19. The van der Waals surface area contributed by atoms with Gasteiger partial charge in [-0.05, 0) is 62.8 Å². The molecule has 0 saturated carbocycles. The quantitative estimate of drug-likeness (QED) is 0.591. The van der Waals surface area contributed by atoms with Crippen LogP contribution in [0.2, 0.25) is 0 Å². The first kappa shape index (κ1) is 29.3. The monoisotopic (exact) mass is 500 g/mol. The Morgan fingerprint density at radius 2 is 1.61 bits per heavy atom. The van der Waals surface area contributed by atoms with Gasteiger partial charge >= 0.3 is 0 Å². The number of ketones is 1. The second kappa shape index (κ2) is 12.9. The third kappa shape index (κ3) is 7.80. The van der Waals surface area contributed by atoms with Crippen LogP contribution in [0.4, 0.5) is 5.69 Å². The molecule has 8 nitrogen and oxygen atoms in total. The average Bonchev–Trinajstić information content (AvgIpc) is 2.80. The molecule has 36 heavy (non-hydrogen) atoms. The zero-order valence-electron chi connectivity index (χ0n) is 23.2. The second-order valence-corrected chi connectivity index (χ2v) is 11.0. The van der Waals surface area contributed by atoms with Gasteiger partial charge < -0.3 is 20.0 Å². The van der Waals surface area contributed by atoms with Crippen LogP contribution in [0.5, 0.6) is 0 Å². The molecule has 1 fully saturated rings. The standard InChI is InChI=1S/C28H44N4O4/c1-18(2)15-24(29-27(35)22-9-11-23(12-10-22)30(7)8)28(36)31-14-13-20(5)32(17-25(33)21(31)6)26(34)16-19(3)4/h9-12,18-21,24H,13-17H2,1-8H3,(H,29,35)/t20-,21?,24-/m0/s1. The van der Waals surface area contributed by atoms with Gasteiger partial charge in [0.2, 0.25) is 11.8 Å². The molecule has 1 aliphatic heterocycles. The van der Waals surface area contributed by atoms with E-state index >= 15 is 0 Å². The summed E-state index contributed by atoms with van der Waals surface area (Å²) in [6.07, 6.45) is 1.43. The summed E-state index contributed by atoms with van der Waals surface area (Å²) in [6, 6.07) is 5.64. The molecule has 1 aromatic rings. The number of amides is 3. The van der Waals surface area contributed by atoms with Crippen molar-refractivity contribution in [1.29, 1.82) is 0 Å². The number of hydrogen-bond donors (Lipinski definition) is 1. The van der Waals surface area contributed by atoms with Gasteiger partial charge in [0.05, 0.1) is 12.6 Å². The Bertz CT molecular complexity index is 926. The molecule has 1 heterocycles. The summed E-state index contributed by atoms with van der Waals surface area (Å²) < 4.78 is 0. The maximum Gasteiger partial charge on any atom is 0.251 e. The summed E-state index contributed by atoms with van der Waals surface area (Å²) in [4.78, 5) is 57.8. The van der Waals surface area contributed by atoms with E-state index in [2.05, 4.69) is 5.32 Å². The normalized spacial score (nSPS) is 19.7. The van der Waals surface area contributed by atoms with Crippen LogP contribution in [0.1, 0.15) is 71.2 Å². The summed E-state index contributed by atoms with van der Waals surface area (Å²) >= 11 is 0. The summed E-state index contributed by atoms with van der Waals surface area (Å²) in [5.74, 6) is -0.385. The lowest BCUT2D eigenvalue weighted by Crippen LogP contribution is -2.58. The fraction of sp³-hybridized carbons (Fsp3) is 0.643. The van der Waals surface area contributed by atoms with E-state index in [1.807, 2.05) is 65.7 Å². The van der Waals surface area contributed by atoms with Crippen LogP contribution in [0.25, 0.3) is 0 Å². The minimum atomic E-state index is -0.741. The molecule has 3 amide bonds. The number of nitrogens with zero attached hydrogens (tertiary/aromatic N) is 3. The largest absolute Gasteiger partial charge is 0.378 e. The lowest BCUT2D eigenvalue weighted by Gasteiger charge is -2.39. The van der Waals surface area contributed by atoms with E-state index < -0.39 is 12.1 Å². The minimum Gasteiger partial charge on any atom is -0.378 e. The van der Waals surface area contributed by atoms with Crippen LogP contribution in [-0.2, 0) is 14.4 Å². The Morgan fingerprint density at radius 3 is 2.14 bits per heavy atom. The maximum absolute atomic E-state index is 13.7. The van der Waals surface area contributed by atoms with Crippen molar-refractivity contribution in [2.24, 2.45) is 11.8 Å². The molecule has 1 aromatic carbocycles. The lowest BCUT2D eigenvalue weighted by molar-refractivity contribution is -0.146. The van der Waals surface area contributed by atoms with Gasteiger partial charge in [0, 0.05) is 44.4 Å². The van der Waals surface area contributed by atoms with E-state index in [4.69, 9.17) is 0 Å². The van der Waals surface area contributed by atoms with E-state index in [1.165, 1.54) is 0 Å². The number of Topliss-reactive ketones (excluding diaryl/α,β-unsaturated/α-hetero) is 1. The molecular formula is C28H44N4O4. The zero-order valence-corrected chi connectivity index (χ0v) is 23.2. The number of hydrogen-bond acceptors (Lipinski definition) is 5. The zero-order chi connectivity index (χ0) is 27.2. The number of benzene rings is 1. The Balaban J connectivity index is 2.20. The number of nitrogens with one attached hydrogen (secondary N) is 1. The number of carbonyl (C=O) groups is 4. The van der Waals surface area contributed by atoms with Gasteiger partial charge in [-0.15, -0.1) is 0 Å². The first-order chi connectivity index (χ1) is 16.8. The number of carbonyl (C=O) groups excluding carboxylic acids is 4. The Hall–Kier alpha value is -2.90. The lowest BCUT2D eigenvalue weighted by atomic mass is 9.98. The molecule has 0 spiro atoms. The van der Waals surface area contributed by atoms with Crippen LogP contribution in [0.3, 0.4) is 0 Å². The van der Waals surface area contributed by atoms with Crippen LogP contribution in [0.15, 0.2) is 24.3 Å². The SMILES string of the molecule is CC(C)CC(=O)N1CC(=O)C(C)N(C(=O)[C@H](CC(C)C)NC(=O)c2ccc(N(C)C)cc2)CC[C@@H]1C. The second-order valence-electron chi connectivity index (χ2n) is 11.0. The molecule has 2 rings (SSSR count). The van der Waals surface area contributed by atoms with E-state index in [-0.39, 0.29) is 47.9 Å². The van der Waals surface area contributed by atoms with E-state index in [0.717, 1.165) is 5.69 Å². The van der Waals surface area contributed by atoms with Crippen LogP contribution < -0.4 is 10.2 Å². The van der Waals surface area contributed by atoms with Crippen molar-refractivity contribution in [3.05, 3.63) is 29.8 Å². The molecule has 1 N–H and O–H groups in total. The van der Waals surface area contributed by atoms with Gasteiger partial charge in [0.25, 0.3) is 5.91 Å². The third-order valence-corrected chi connectivity index (χ3v) is 6.72. The van der Waals surface area contributed by atoms with Crippen molar-refractivity contribution in [2.75, 3.05) is 32.1 Å². The predicted molar refractivity (Wildman–Crippen MR) is 143 cm³/mol. The van der Waals surface area contributed by atoms with Crippen molar-refractivity contribution in [3.63, 3.8) is 0 Å². The molecule has 1 aliphatic rings. The highest BCUT2D eigenvalue weighted by atomic mass is 16.2. The summed E-state index contributed by atoms with van der Waals surface area (Å²) in [5, 5.41) is 2.92. The molecule has 1 unspecified atom stereocenters. The molecule has 0 radical (unpaired) electrons. The van der Waals surface area contributed by atoms with Gasteiger partial charge in [-0.2, -0.15) is 0 Å². The topological polar surface area (TPSA) is 90.0 Å². The van der Waals surface area contributed by atoms with Crippen molar-refractivity contribution < 1.29 is 19.2 Å². The predicted octanol–water partition coefficient (Wildman–Crippen LogP) is 3.35. The van der Waals surface area contributed by atoms with E-state index in [1.54, 1.807) is 28.9 Å². The van der Waals surface area contributed by atoms with Crippen LogP contribution in [0, 0.1) is 11.8 Å². The smallest absolute Gasteiger partial charge is 0.251 e. The molecule has 0 aliphatic carbocycles. The molecule has 3 atom stereocenters. The summed E-state index contributed by atoms with van der Waals surface area (Å²) in [7, 11) is 3.86. The summed E-state index contributed by atoms with van der Waals surface area (Å²) in [5.41, 5.74) is 1.45. The Kier molecular flexibility index (Phi) is 10.5. The fourth-order valence-electron chi connectivity index (χ4n) is 4.45. The fourth-order valence-corrected chi connectivity index (χ4v) is 4.45. The van der Waals surface area contributed by atoms with Crippen molar-refractivity contribution >= 4 is 29.2 Å². The van der Waals surface area contributed by atoms with Crippen LogP contribution in [-0.4, -0.2) is 78.6 Å². The van der Waals surface area contributed by atoms with Gasteiger partial charge in [-0.25, -0.2) is 0 Å². The first-order valence-electron chi connectivity index (χ1n) is 13.0. The maximum atomic E-state index is 13.7. The first-order valence-corrected chi connectivity index (χ1v) is 13.0. The molecule has 0 bridgehead atoms. The van der Waals surface area contributed by atoms with E-state index in [9.17, 15) is 19.2 Å². The average molecular weight is 501 g/mol. The van der Waals surface area contributed by atoms with Gasteiger partial charge in [-0.3, -0.25) is 19.2 Å².